The maximum Gasteiger partial charge on any atom is 0.407 e. The Morgan fingerprint density at radius 2 is 1.79 bits per heavy atom. The van der Waals surface area contributed by atoms with E-state index in [2.05, 4.69) is 10.1 Å². The van der Waals surface area contributed by atoms with Gasteiger partial charge in [0.1, 0.15) is 12.1 Å². The van der Waals surface area contributed by atoms with E-state index in [1.165, 1.54) is 19.1 Å². The van der Waals surface area contributed by atoms with E-state index < -0.39 is 35.8 Å². The van der Waals surface area contributed by atoms with Crippen molar-refractivity contribution in [3.63, 3.8) is 0 Å². The first-order chi connectivity index (χ1) is 11.3. The van der Waals surface area contributed by atoms with Gasteiger partial charge in [-0.3, -0.25) is 4.79 Å². The molecule has 2 atom stereocenters. The largest absolute Gasteiger partial charge is 0.467 e. The molecule has 0 aromatic heterocycles. The zero-order valence-corrected chi connectivity index (χ0v) is 14.4. The molecule has 2 heterocycles. The molecule has 0 aromatic rings. The third-order valence-corrected chi connectivity index (χ3v) is 4.25. The molecule has 9 heteroatoms. The predicted molar refractivity (Wildman–Crippen MR) is 80.9 cm³/mol. The van der Waals surface area contributed by atoms with Gasteiger partial charge in [0.15, 0.2) is 5.79 Å². The quantitative estimate of drug-likeness (QED) is 0.709. The molecule has 136 valence electrons. The van der Waals surface area contributed by atoms with Crippen molar-refractivity contribution in [1.82, 2.24) is 10.2 Å². The van der Waals surface area contributed by atoms with Crippen molar-refractivity contribution < 1.29 is 33.3 Å². The predicted octanol–water partition coefficient (Wildman–Crippen LogP) is -0.116. The number of rotatable bonds is 4. The van der Waals surface area contributed by atoms with E-state index in [9.17, 15) is 14.4 Å². The molecule has 0 aromatic carbocycles. The van der Waals surface area contributed by atoms with Gasteiger partial charge in [-0.1, -0.05) is 13.8 Å². The molecule has 2 unspecified atom stereocenters. The summed E-state index contributed by atoms with van der Waals surface area (Å²) < 4.78 is 20.6. The lowest BCUT2D eigenvalue weighted by Crippen LogP contribution is -2.54. The fourth-order valence-electron chi connectivity index (χ4n) is 3.00. The lowest BCUT2D eigenvalue weighted by Gasteiger charge is -2.29. The normalized spacial score (nSPS) is 23.4. The molecule has 9 nitrogen and oxygen atoms in total. The van der Waals surface area contributed by atoms with Gasteiger partial charge in [-0.05, 0) is 5.92 Å². The van der Waals surface area contributed by atoms with Gasteiger partial charge in [-0.15, -0.1) is 0 Å². The summed E-state index contributed by atoms with van der Waals surface area (Å²) in [5, 5.41) is 2.51. The highest BCUT2D eigenvalue weighted by molar-refractivity contribution is 5.90. The van der Waals surface area contributed by atoms with Crippen LogP contribution in [0.2, 0.25) is 0 Å². The average Bonchev–Trinajstić information content (AvgIpc) is 3.18. The number of ether oxygens (including phenoxy) is 4. The highest BCUT2D eigenvalue weighted by Gasteiger charge is 2.54. The highest BCUT2D eigenvalue weighted by atomic mass is 16.7. The van der Waals surface area contributed by atoms with Crippen LogP contribution in [0.1, 0.15) is 20.3 Å². The molecule has 1 spiro atoms. The zero-order chi connectivity index (χ0) is 17.9. The Hall–Kier alpha value is -1.87. The molecule has 0 radical (unpaired) electrons. The summed E-state index contributed by atoms with van der Waals surface area (Å²) in [6.07, 6.45) is -0.506. The third-order valence-electron chi connectivity index (χ3n) is 4.25. The zero-order valence-electron chi connectivity index (χ0n) is 14.4. The van der Waals surface area contributed by atoms with Crippen LogP contribution >= 0.6 is 0 Å². The summed E-state index contributed by atoms with van der Waals surface area (Å²) >= 11 is 0. The lowest BCUT2D eigenvalue weighted by atomic mass is 10.0. The maximum absolute atomic E-state index is 12.9. The minimum Gasteiger partial charge on any atom is -0.467 e. The summed E-state index contributed by atoms with van der Waals surface area (Å²) in [5.74, 6) is -2.13. The van der Waals surface area contributed by atoms with Crippen LogP contribution < -0.4 is 5.32 Å². The standard InChI is InChI=1S/C15H24N2O7/c1-9(2)11(16-14(20)22-4)12(18)17-8-15(23-5-6-24-15)7-10(17)13(19)21-3/h9-11H,5-8H2,1-4H3,(H,16,20). The molecule has 2 aliphatic rings. The van der Waals surface area contributed by atoms with Crippen LogP contribution in [0.3, 0.4) is 0 Å². The number of likely N-dealkylation sites (tertiary alicyclic amines) is 1. The van der Waals surface area contributed by atoms with Crippen LogP contribution in [0, 0.1) is 5.92 Å². The second kappa shape index (κ2) is 7.35. The van der Waals surface area contributed by atoms with Gasteiger partial charge in [0.05, 0.1) is 34.0 Å². The number of carbonyl (C=O) groups excluding carboxylic acids is 3. The first kappa shape index (κ1) is 18.5. The topological polar surface area (TPSA) is 103 Å². The molecular formula is C15H24N2O7. The van der Waals surface area contributed by atoms with Gasteiger partial charge in [-0.2, -0.15) is 0 Å². The first-order valence-corrected chi connectivity index (χ1v) is 7.84. The van der Waals surface area contributed by atoms with E-state index in [0.717, 1.165) is 0 Å². The van der Waals surface area contributed by atoms with Crippen LogP contribution in [-0.4, -0.2) is 74.7 Å². The molecule has 2 saturated heterocycles. The van der Waals surface area contributed by atoms with Crippen molar-refractivity contribution in [2.45, 2.75) is 38.1 Å². The second-order valence-electron chi connectivity index (χ2n) is 6.17. The summed E-state index contributed by atoms with van der Waals surface area (Å²) in [6.45, 7) is 4.51. The molecule has 24 heavy (non-hydrogen) atoms. The van der Waals surface area contributed by atoms with Gasteiger partial charge < -0.3 is 29.2 Å². The Morgan fingerprint density at radius 1 is 1.17 bits per heavy atom. The SMILES string of the molecule is COC(=O)NC(C(=O)N1CC2(CC1C(=O)OC)OCCO2)C(C)C. The van der Waals surface area contributed by atoms with Crippen molar-refractivity contribution in [2.75, 3.05) is 34.0 Å². The molecule has 1 N–H and O–H groups in total. The Balaban J connectivity index is 2.22. The number of nitrogens with zero attached hydrogens (tertiary/aromatic N) is 1. The molecule has 0 saturated carbocycles. The second-order valence-corrected chi connectivity index (χ2v) is 6.17. The molecular weight excluding hydrogens is 320 g/mol. The van der Waals surface area contributed by atoms with E-state index >= 15 is 0 Å². The number of alkyl carbamates (subject to hydrolysis) is 1. The van der Waals surface area contributed by atoms with E-state index in [-0.39, 0.29) is 18.9 Å². The Kier molecular flexibility index (Phi) is 5.66. The number of carbonyl (C=O) groups is 3. The summed E-state index contributed by atoms with van der Waals surface area (Å²) in [7, 11) is 2.48. The highest BCUT2D eigenvalue weighted by Crippen LogP contribution is 2.35. The number of amides is 2. The fraction of sp³-hybridized carbons (Fsp3) is 0.800. The Bertz CT molecular complexity index is 502. The van der Waals surface area contributed by atoms with Gasteiger partial charge in [0.2, 0.25) is 5.91 Å². The minimum atomic E-state index is -0.985. The summed E-state index contributed by atoms with van der Waals surface area (Å²) in [4.78, 5) is 37.9. The van der Waals surface area contributed by atoms with Gasteiger partial charge >= 0.3 is 12.1 Å². The van der Waals surface area contributed by atoms with Crippen molar-refractivity contribution >= 4 is 18.0 Å². The van der Waals surface area contributed by atoms with E-state index in [4.69, 9.17) is 14.2 Å². The summed E-state index contributed by atoms with van der Waals surface area (Å²) in [6, 6.07) is -1.65. The first-order valence-electron chi connectivity index (χ1n) is 7.84. The molecule has 0 aliphatic carbocycles. The number of methoxy groups -OCH3 is 2. The van der Waals surface area contributed by atoms with Crippen LogP contribution in [-0.2, 0) is 28.5 Å². The van der Waals surface area contributed by atoms with Crippen molar-refractivity contribution in [1.29, 1.82) is 0 Å². The average molecular weight is 344 g/mol. The smallest absolute Gasteiger partial charge is 0.407 e. The Labute approximate surface area is 140 Å². The van der Waals surface area contributed by atoms with Crippen molar-refractivity contribution in [3.05, 3.63) is 0 Å². The molecule has 2 fully saturated rings. The number of hydrogen-bond acceptors (Lipinski definition) is 7. The molecule has 0 bridgehead atoms. The molecule has 2 aliphatic heterocycles. The van der Waals surface area contributed by atoms with Crippen molar-refractivity contribution in [2.24, 2.45) is 5.92 Å². The van der Waals surface area contributed by atoms with E-state index in [1.807, 2.05) is 0 Å². The van der Waals surface area contributed by atoms with Crippen LogP contribution in [0.5, 0.6) is 0 Å². The number of hydrogen-bond donors (Lipinski definition) is 1. The summed E-state index contributed by atoms with van der Waals surface area (Å²) in [5.41, 5.74) is 0. The molecule has 2 amide bonds. The van der Waals surface area contributed by atoms with Crippen LogP contribution in [0.4, 0.5) is 4.79 Å². The maximum atomic E-state index is 12.9. The van der Waals surface area contributed by atoms with E-state index in [1.54, 1.807) is 13.8 Å². The molecule has 2 rings (SSSR count). The third kappa shape index (κ3) is 3.62. The van der Waals surface area contributed by atoms with E-state index in [0.29, 0.717) is 13.2 Å². The number of esters is 1. The van der Waals surface area contributed by atoms with Gasteiger partial charge in [0.25, 0.3) is 0 Å². The van der Waals surface area contributed by atoms with Gasteiger partial charge in [-0.25, -0.2) is 9.59 Å². The monoisotopic (exact) mass is 344 g/mol. The minimum absolute atomic E-state index is 0.109. The van der Waals surface area contributed by atoms with Crippen molar-refractivity contribution in [3.8, 4) is 0 Å². The lowest BCUT2D eigenvalue weighted by molar-refractivity contribution is -0.153. The van der Waals surface area contributed by atoms with Crippen LogP contribution in [0.15, 0.2) is 0 Å². The number of nitrogens with one attached hydrogen (secondary N) is 1. The fourth-order valence-corrected chi connectivity index (χ4v) is 3.00. The van der Waals surface area contributed by atoms with Gasteiger partial charge in [0, 0.05) is 6.42 Å². The Morgan fingerprint density at radius 3 is 2.29 bits per heavy atom. The van der Waals surface area contributed by atoms with Crippen LogP contribution in [0.25, 0.3) is 0 Å².